The number of anilines is 1. The number of benzene rings is 1. The largest absolute Gasteiger partial charge is 0.396 e. The molecule has 7 heteroatoms. The van der Waals surface area contributed by atoms with Crippen LogP contribution in [0.5, 0.6) is 0 Å². The normalized spacial score (nSPS) is 20.9. The summed E-state index contributed by atoms with van der Waals surface area (Å²) in [6, 6.07) is 8.51. The summed E-state index contributed by atoms with van der Waals surface area (Å²) in [7, 11) is 0. The topological polar surface area (TPSA) is 64.6 Å². The second kappa shape index (κ2) is 11.8. The van der Waals surface area contributed by atoms with E-state index in [2.05, 4.69) is 27.7 Å². The molecule has 2 aliphatic rings. The zero-order valence-corrected chi connectivity index (χ0v) is 16.8. The molecule has 0 aliphatic carbocycles. The number of hydrogen-bond acceptors (Lipinski definition) is 4. The molecule has 2 saturated heterocycles. The van der Waals surface area contributed by atoms with Crippen LogP contribution < -0.4 is 10.6 Å². The molecular formula is C19H31Cl2N3O2. The number of likely N-dealkylation sites (tertiary alicyclic amines) is 1. The molecule has 0 spiro atoms. The highest BCUT2D eigenvalue weighted by Crippen LogP contribution is 2.20. The third kappa shape index (κ3) is 7.05. The van der Waals surface area contributed by atoms with E-state index in [1.807, 2.05) is 12.1 Å². The van der Waals surface area contributed by atoms with Crippen molar-refractivity contribution >= 4 is 36.4 Å². The second-order valence-corrected chi connectivity index (χ2v) is 7.15. The molecular weight excluding hydrogens is 373 g/mol. The van der Waals surface area contributed by atoms with Gasteiger partial charge < -0.3 is 15.7 Å². The van der Waals surface area contributed by atoms with Gasteiger partial charge >= 0.3 is 0 Å². The first-order valence-corrected chi connectivity index (χ1v) is 9.18. The monoisotopic (exact) mass is 403 g/mol. The Morgan fingerprint density at radius 2 is 2.00 bits per heavy atom. The lowest BCUT2D eigenvalue weighted by atomic mass is 9.97. The van der Waals surface area contributed by atoms with Crippen molar-refractivity contribution < 1.29 is 9.90 Å². The first-order chi connectivity index (χ1) is 11.7. The van der Waals surface area contributed by atoms with Crippen molar-refractivity contribution in [3.8, 4) is 0 Å². The summed E-state index contributed by atoms with van der Waals surface area (Å²) < 4.78 is 0. The summed E-state index contributed by atoms with van der Waals surface area (Å²) in [5.74, 6) is 0.561. The lowest BCUT2D eigenvalue weighted by Crippen LogP contribution is -2.34. The van der Waals surface area contributed by atoms with Crippen molar-refractivity contribution in [2.24, 2.45) is 5.92 Å². The fourth-order valence-electron chi connectivity index (χ4n) is 3.70. The van der Waals surface area contributed by atoms with Crippen LogP contribution in [0.4, 0.5) is 5.69 Å². The van der Waals surface area contributed by atoms with Gasteiger partial charge in [0.2, 0.25) is 5.91 Å². The van der Waals surface area contributed by atoms with Crippen molar-refractivity contribution in [2.45, 2.75) is 44.7 Å². The van der Waals surface area contributed by atoms with Gasteiger partial charge in [-0.1, -0.05) is 12.1 Å². The molecule has 1 aromatic rings. The van der Waals surface area contributed by atoms with Crippen molar-refractivity contribution in [3.63, 3.8) is 0 Å². The lowest BCUT2D eigenvalue weighted by molar-refractivity contribution is -0.116. The maximum Gasteiger partial charge on any atom is 0.225 e. The van der Waals surface area contributed by atoms with Crippen LogP contribution in [0.3, 0.4) is 0 Å². The molecule has 0 saturated carbocycles. The SMILES string of the molecule is Cl.Cl.O=C(CC1CCCN1)Nc1cccc(CN2CCC(CO)CC2)c1. The minimum Gasteiger partial charge on any atom is -0.396 e. The smallest absolute Gasteiger partial charge is 0.225 e. The lowest BCUT2D eigenvalue weighted by Gasteiger charge is -2.31. The molecule has 0 bridgehead atoms. The van der Waals surface area contributed by atoms with Gasteiger partial charge in [-0.25, -0.2) is 0 Å². The molecule has 0 radical (unpaired) electrons. The van der Waals surface area contributed by atoms with E-state index in [0.717, 1.165) is 51.1 Å². The first kappa shape index (κ1) is 23.2. The fourth-order valence-corrected chi connectivity index (χ4v) is 3.70. The molecule has 3 rings (SSSR count). The van der Waals surface area contributed by atoms with Crippen LogP contribution >= 0.6 is 24.8 Å². The van der Waals surface area contributed by atoms with Gasteiger partial charge in [-0.3, -0.25) is 9.69 Å². The van der Waals surface area contributed by atoms with E-state index in [1.54, 1.807) is 0 Å². The third-order valence-corrected chi connectivity index (χ3v) is 5.18. The molecule has 2 fully saturated rings. The number of rotatable bonds is 6. The average molecular weight is 404 g/mol. The van der Waals surface area contributed by atoms with Crippen molar-refractivity contribution in [2.75, 3.05) is 31.6 Å². The highest BCUT2D eigenvalue weighted by Gasteiger charge is 2.19. The van der Waals surface area contributed by atoms with E-state index in [4.69, 9.17) is 0 Å². The van der Waals surface area contributed by atoms with Crippen LogP contribution in [0.1, 0.15) is 37.7 Å². The van der Waals surface area contributed by atoms with E-state index in [1.165, 1.54) is 12.0 Å². The summed E-state index contributed by atoms with van der Waals surface area (Å²) in [6.07, 6.45) is 4.96. The van der Waals surface area contributed by atoms with E-state index >= 15 is 0 Å². The van der Waals surface area contributed by atoms with Gasteiger partial charge in [0.15, 0.2) is 0 Å². The Morgan fingerprint density at radius 1 is 1.23 bits per heavy atom. The number of aliphatic hydroxyl groups is 1. The summed E-state index contributed by atoms with van der Waals surface area (Å²) in [5.41, 5.74) is 2.12. The van der Waals surface area contributed by atoms with Crippen LogP contribution in [-0.4, -0.2) is 48.2 Å². The van der Waals surface area contributed by atoms with Crippen LogP contribution in [0.25, 0.3) is 0 Å². The Hall–Kier alpha value is -0.850. The van der Waals surface area contributed by atoms with E-state index in [9.17, 15) is 9.90 Å². The number of carbonyl (C=O) groups is 1. The number of carbonyl (C=O) groups excluding carboxylic acids is 1. The van der Waals surface area contributed by atoms with Crippen LogP contribution in [-0.2, 0) is 11.3 Å². The number of amides is 1. The molecule has 1 amide bonds. The summed E-state index contributed by atoms with van der Waals surface area (Å²) in [6.45, 7) is 4.32. The fraction of sp³-hybridized carbons (Fsp3) is 0.632. The summed E-state index contributed by atoms with van der Waals surface area (Å²) in [4.78, 5) is 14.6. The molecule has 2 aliphatic heterocycles. The van der Waals surface area contributed by atoms with Crippen molar-refractivity contribution in [1.82, 2.24) is 10.2 Å². The first-order valence-electron chi connectivity index (χ1n) is 9.18. The maximum atomic E-state index is 12.2. The molecule has 0 aromatic heterocycles. The average Bonchev–Trinajstić information content (AvgIpc) is 3.08. The van der Waals surface area contributed by atoms with Crippen molar-refractivity contribution in [3.05, 3.63) is 29.8 Å². The molecule has 1 aromatic carbocycles. The highest BCUT2D eigenvalue weighted by atomic mass is 35.5. The molecule has 26 heavy (non-hydrogen) atoms. The Morgan fingerprint density at radius 3 is 2.65 bits per heavy atom. The Kier molecular flexibility index (Phi) is 10.5. The van der Waals surface area contributed by atoms with Crippen LogP contribution in [0.2, 0.25) is 0 Å². The van der Waals surface area contributed by atoms with E-state index in [-0.39, 0.29) is 30.7 Å². The Labute approximate surface area is 168 Å². The molecule has 5 nitrogen and oxygen atoms in total. The molecule has 3 N–H and O–H groups in total. The maximum absolute atomic E-state index is 12.2. The number of aliphatic hydroxyl groups excluding tert-OH is 1. The number of halogens is 2. The van der Waals surface area contributed by atoms with Gasteiger partial charge in [0.1, 0.15) is 0 Å². The van der Waals surface area contributed by atoms with Gasteiger partial charge in [0, 0.05) is 31.3 Å². The second-order valence-electron chi connectivity index (χ2n) is 7.15. The van der Waals surface area contributed by atoms with E-state index < -0.39 is 0 Å². The van der Waals surface area contributed by atoms with Gasteiger partial charge in [0.25, 0.3) is 0 Å². The number of hydrogen-bond donors (Lipinski definition) is 3. The molecule has 2 heterocycles. The van der Waals surface area contributed by atoms with Crippen molar-refractivity contribution in [1.29, 1.82) is 0 Å². The number of nitrogens with one attached hydrogen (secondary N) is 2. The Balaban J connectivity index is 0.00000169. The zero-order chi connectivity index (χ0) is 16.8. The van der Waals surface area contributed by atoms with Crippen LogP contribution in [0.15, 0.2) is 24.3 Å². The van der Waals surface area contributed by atoms with Crippen LogP contribution in [0, 0.1) is 5.92 Å². The van der Waals surface area contributed by atoms with Gasteiger partial charge in [-0.2, -0.15) is 0 Å². The number of nitrogens with zero attached hydrogens (tertiary/aromatic N) is 1. The van der Waals surface area contributed by atoms with Gasteiger partial charge in [-0.05, 0) is 68.9 Å². The predicted octanol–water partition coefficient (Wildman–Crippen LogP) is 2.82. The molecule has 148 valence electrons. The molecule has 1 atom stereocenters. The standard InChI is InChI=1S/C19H29N3O2.2ClH/c23-14-15-6-9-22(10-7-15)13-16-3-1-4-18(11-16)21-19(24)12-17-5-2-8-20-17;;/h1,3-4,11,15,17,20,23H,2,5-10,12-14H2,(H,21,24);2*1H. The predicted molar refractivity (Wildman–Crippen MR) is 110 cm³/mol. The minimum atomic E-state index is 0. The third-order valence-electron chi connectivity index (χ3n) is 5.18. The van der Waals surface area contributed by atoms with Gasteiger partial charge in [-0.15, -0.1) is 24.8 Å². The minimum absolute atomic E-state index is 0. The zero-order valence-electron chi connectivity index (χ0n) is 15.2. The van der Waals surface area contributed by atoms with E-state index in [0.29, 0.717) is 25.0 Å². The molecule has 1 unspecified atom stereocenters. The summed E-state index contributed by atoms with van der Waals surface area (Å²) in [5, 5.41) is 15.6. The van der Waals surface area contributed by atoms with Gasteiger partial charge in [0.05, 0.1) is 0 Å². The Bertz CT molecular complexity index is 545. The summed E-state index contributed by atoms with van der Waals surface area (Å²) >= 11 is 0. The quantitative estimate of drug-likeness (QED) is 0.682. The highest BCUT2D eigenvalue weighted by molar-refractivity contribution is 5.91. The number of piperidine rings is 1.